The number of hydrogen-bond acceptors (Lipinski definition) is 2. The van der Waals surface area contributed by atoms with E-state index < -0.39 is 0 Å². The average Bonchev–Trinajstić information content (AvgIpc) is 1.81. The zero-order valence-electron chi connectivity index (χ0n) is 4.67. The summed E-state index contributed by atoms with van der Waals surface area (Å²) in [5, 5.41) is 0. The van der Waals surface area contributed by atoms with Crippen molar-refractivity contribution in [2.45, 2.75) is 6.92 Å². The summed E-state index contributed by atoms with van der Waals surface area (Å²) in [5.41, 5.74) is 0. The molecule has 0 aromatic heterocycles. The Morgan fingerprint density at radius 2 is 2.50 bits per heavy atom. The predicted molar refractivity (Wildman–Crippen MR) is 35.1 cm³/mol. The van der Waals surface area contributed by atoms with Crippen LogP contribution in [0.4, 0.5) is 0 Å². The van der Waals surface area contributed by atoms with Crippen molar-refractivity contribution in [3.8, 4) is 0 Å². The highest BCUT2D eigenvalue weighted by molar-refractivity contribution is 6.17. The Morgan fingerprint density at radius 1 is 1.75 bits per heavy atom. The van der Waals surface area contributed by atoms with Gasteiger partial charge in [0.15, 0.2) is 6.40 Å². The van der Waals surface area contributed by atoms with Crippen LogP contribution in [0.2, 0.25) is 0 Å². The van der Waals surface area contributed by atoms with Crippen molar-refractivity contribution in [3.05, 3.63) is 12.3 Å². The largest absolute Gasteiger partial charge is 0.454 e. The van der Waals surface area contributed by atoms with Crippen LogP contribution in [0.25, 0.3) is 0 Å². The Labute approximate surface area is 53.8 Å². The van der Waals surface area contributed by atoms with E-state index in [4.69, 9.17) is 11.6 Å². The summed E-state index contributed by atoms with van der Waals surface area (Å²) in [7, 11) is 0. The van der Waals surface area contributed by atoms with Crippen LogP contribution in [0.1, 0.15) is 6.92 Å². The molecule has 0 atom stereocenters. The molecule has 0 amide bonds. The monoisotopic (exact) mass is 133 g/mol. The lowest BCUT2D eigenvalue weighted by molar-refractivity contribution is 0.492. The van der Waals surface area contributed by atoms with Crippen LogP contribution < -0.4 is 0 Å². The molecule has 0 bridgehead atoms. The fourth-order valence-electron chi connectivity index (χ4n) is 0.185. The van der Waals surface area contributed by atoms with Crippen LogP contribution >= 0.6 is 11.6 Å². The number of alkyl halides is 1. The van der Waals surface area contributed by atoms with Gasteiger partial charge in [0.2, 0.25) is 0 Å². The first-order valence-electron chi connectivity index (χ1n) is 2.22. The molecule has 3 heteroatoms. The normalized spacial score (nSPS) is 11.2. The SMILES string of the molecule is C/C=C/OC=NCCl. The molecule has 0 saturated carbocycles. The maximum Gasteiger partial charge on any atom is 0.176 e. The molecule has 2 nitrogen and oxygen atoms in total. The quantitative estimate of drug-likeness (QED) is 0.189. The van der Waals surface area contributed by atoms with Crippen molar-refractivity contribution in [1.29, 1.82) is 0 Å². The highest BCUT2D eigenvalue weighted by atomic mass is 35.5. The Morgan fingerprint density at radius 3 is 3.00 bits per heavy atom. The number of nitrogens with zero attached hydrogens (tertiary/aromatic N) is 1. The predicted octanol–water partition coefficient (Wildman–Crippen LogP) is 1.76. The molecule has 0 fully saturated rings. The maximum atomic E-state index is 5.18. The molecule has 46 valence electrons. The molecule has 0 rings (SSSR count). The molecule has 0 aromatic rings. The van der Waals surface area contributed by atoms with Gasteiger partial charge in [-0.25, -0.2) is 4.99 Å². The van der Waals surface area contributed by atoms with Gasteiger partial charge in [0, 0.05) is 0 Å². The number of allylic oxidation sites excluding steroid dienone is 1. The maximum absolute atomic E-state index is 5.18. The summed E-state index contributed by atoms with van der Waals surface area (Å²) < 4.78 is 4.67. The minimum absolute atomic E-state index is 0.248. The Bertz CT molecular complexity index is 90.4. The van der Waals surface area contributed by atoms with E-state index in [-0.39, 0.29) is 6.00 Å². The lowest BCUT2D eigenvalue weighted by Gasteiger charge is -1.83. The minimum Gasteiger partial charge on any atom is -0.454 e. The third-order valence-electron chi connectivity index (χ3n) is 0.419. The van der Waals surface area contributed by atoms with Gasteiger partial charge in [0.05, 0.1) is 6.26 Å². The molecule has 8 heavy (non-hydrogen) atoms. The van der Waals surface area contributed by atoms with Gasteiger partial charge in [-0.2, -0.15) is 0 Å². The molecule has 0 saturated heterocycles. The third kappa shape index (κ3) is 5.50. The first-order valence-corrected chi connectivity index (χ1v) is 2.76. The molecular weight excluding hydrogens is 126 g/mol. The molecule has 0 aliphatic heterocycles. The summed E-state index contributed by atoms with van der Waals surface area (Å²) in [6, 6.07) is 0.248. The van der Waals surface area contributed by atoms with Gasteiger partial charge in [-0.3, -0.25) is 0 Å². The average molecular weight is 134 g/mol. The highest BCUT2D eigenvalue weighted by Crippen LogP contribution is 1.75. The van der Waals surface area contributed by atoms with Crippen LogP contribution in [0.5, 0.6) is 0 Å². The van der Waals surface area contributed by atoms with Crippen LogP contribution in [0, 0.1) is 0 Å². The number of aliphatic imine (C=N–C) groups is 1. The van der Waals surface area contributed by atoms with E-state index >= 15 is 0 Å². The number of halogens is 1. The zero-order chi connectivity index (χ0) is 6.24. The van der Waals surface area contributed by atoms with Gasteiger partial charge in [0.25, 0.3) is 0 Å². The van der Waals surface area contributed by atoms with Gasteiger partial charge in [-0.1, -0.05) is 6.08 Å². The highest BCUT2D eigenvalue weighted by Gasteiger charge is 1.64. The molecule has 0 aliphatic carbocycles. The van der Waals surface area contributed by atoms with Gasteiger partial charge in [-0.15, -0.1) is 11.6 Å². The van der Waals surface area contributed by atoms with Crippen LogP contribution in [-0.2, 0) is 4.74 Å². The summed E-state index contributed by atoms with van der Waals surface area (Å²) in [6.45, 7) is 1.86. The first-order chi connectivity index (χ1) is 3.91. The van der Waals surface area contributed by atoms with Crippen LogP contribution in [-0.4, -0.2) is 12.4 Å². The van der Waals surface area contributed by atoms with Crippen LogP contribution in [0.3, 0.4) is 0 Å². The topological polar surface area (TPSA) is 21.6 Å². The number of rotatable bonds is 3. The fraction of sp³-hybridized carbons (Fsp3) is 0.400. The van der Waals surface area contributed by atoms with E-state index in [0.717, 1.165) is 0 Å². The van der Waals surface area contributed by atoms with E-state index in [1.54, 1.807) is 6.08 Å². The molecule has 0 unspecified atom stereocenters. The number of ether oxygens (including phenoxy) is 1. The van der Waals surface area contributed by atoms with Gasteiger partial charge < -0.3 is 4.74 Å². The zero-order valence-corrected chi connectivity index (χ0v) is 5.43. The van der Waals surface area contributed by atoms with Crippen LogP contribution in [0.15, 0.2) is 17.3 Å². The molecule has 0 radical (unpaired) electrons. The molecule has 0 N–H and O–H groups in total. The second kappa shape index (κ2) is 6.50. The second-order valence-corrected chi connectivity index (χ2v) is 1.25. The summed E-state index contributed by atoms with van der Waals surface area (Å²) in [5.74, 6) is 0. The first kappa shape index (κ1) is 7.50. The Balaban J connectivity index is 3.03. The summed E-state index contributed by atoms with van der Waals surface area (Å²) >= 11 is 5.18. The Hall–Kier alpha value is -0.500. The van der Waals surface area contributed by atoms with Gasteiger partial charge in [-0.05, 0) is 6.92 Å². The molecular formula is C5H8ClNO. The van der Waals surface area contributed by atoms with Crippen molar-refractivity contribution in [2.24, 2.45) is 4.99 Å². The van der Waals surface area contributed by atoms with Crippen molar-refractivity contribution in [3.63, 3.8) is 0 Å². The van der Waals surface area contributed by atoms with Crippen molar-refractivity contribution in [2.75, 3.05) is 6.00 Å². The molecule has 0 aromatic carbocycles. The summed E-state index contributed by atoms with van der Waals surface area (Å²) in [6.07, 6.45) is 4.59. The molecule has 0 spiro atoms. The lowest BCUT2D eigenvalue weighted by atomic mass is 10.7. The second-order valence-electron chi connectivity index (χ2n) is 1.01. The van der Waals surface area contributed by atoms with Gasteiger partial charge in [0.1, 0.15) is 6.00 Å². The third-order valence-corrected chi connectivity index (χ3v) is 0.557. The molecule has 0 heterocycles. The van der Waals surface area contributed by atoms with Gasteiger partial charge >= 0.3 is 0 Å². The van der Waals surface area contributed by atoms with Crippen molar-refractivity contribution in [1.82, 2.24) is 0 Å². The minimum atomic E-state index is 0.248. The van der Waals surface area contributed by atoms with Crippen molar-refractivity contribution < 1.29 is 4.74 Å². The summed E-state index contributed by atoms with van der Waals surface area (Å²) in [4.78, 5) is 3.58. The van der Waals surface area contributed by atoms with E-state index in [0.29, 0.717) is 0 Å². The number of hydrogen-bond donors (Lipinski definition) is 0. The van der Waals surface area contributed by atoms with E-state index in [1.807, 2.05) is 6.92 Å². The Kier molecular flexibility index (Phi) is 6.09. The fourth-order valence-corrected chi connectivity index (χ4v) is 0.241. The van der Waals surface area contributed by atoms with Crippen molar-refractivity contribution >= 4 is 18.0 Å². The van der Waals surface area contributed by atoms with E-state index in [1.165, 1.54) is 12.7 Å². The molecule has 0 aliphatic rings. The standard InChI is InChI=1S/C5H8ClNO/c1-2-3-8-5-7-4-6/h2-3,5H,4H2,1H3/b3-2+,7-5?. The van der Waals surface area contributed by atoms with E-state index in [2.05, 4.69) is 9.73 Å². The van der Waals surface area contributed by atoms with E-state index in [9.17, 15) is 0 Å². The smallest absolute Gasteiger partial charge is 0.176 e. The lowest BCUT2D eigenvalue weighted by Crippen LogP contribution is -1.74.